The number of methoxy groups -OCH3 is 1. The van der Waals surface area contributed by atoms with E-state index in [2.05, 4.69) is 0 Å². The van der Waals surface area contributed by atoms with Gasteiger partial charge in [-0.2, -0.15) is 26.3 Å². The van der Waals surface area contributed by atoms with Gasteiger partial charge in [0.2, 0.25) is 0 Å². The second kappa shape index (κ2) is 8.94. The molecule has 0 radical (unpaired) electrons. The smallest absolute Gasteiger partial charge is 0.406 e. The van der Waals surface area contributed by atoms with E-state index in [1.165, 1.54) is 13.2 Å². The first-order chi connectivity index (χ1) is 14.9. The predicted molar refractivity (Wildman–Crippen MR) is 109 cm³/mol. The summed E-state index contributed by atoms with van der Waals surface area (Å²) in [5, 5.41) is 1.69. The molecule has 32 heavy (non-hydrogen) atoms. The summed E-state index contributed by atoms with van der Waals surface area (Å²) >= 11 is 0. The van der Waals surface area contributed by atoms with E-state index in [0.717, 1.165) is 30.5 Å². The molecule has 9 heteroatoms. The number of hydrogen-bond acceptors (Lipinski definition) is 3. The van der Waals surface area contributed by atoms with E-state index in [1.54, 1.807) is 5.01 Å². The van der Waals surface area contributed by atoms with Gasteiger partial charge in [-0.05, 0) is 54.9 Å². The Labute approximate surface area is 183 Å². The molecule has 3 rings (SSSR count). The number of benzene rings is 2. The lowest BCUT2D eigenvalue weighted by atomic mass is 9.77. The number of hydrazine groups is 1. The van der Waals surface area contributed by atoms with Crippen LogP contribution in [0.4, 0.5) is 26.3 Å². The molecule has 2 N–H and O–H groups in total. The summed E-state index contributed by atoms with van der Waals surface area (Å²) in [4.78, 5) is 0. The van der Waals surface area contributed by atoms with E-state index in [9.17, 15) is 26.3 Å². The number of nitrogens with zero attached hydrogens (tertiary/aromatic N) is 1. The standard InChI is InChI=1S/C23H26F6N2O/c1-21(22(24,25)26,23(27,28)29)18-10-11-19(32-2)17(14-18)13-16-9-6-12-31(30)20(16)15-7-4-3-5-8-15/h3-5,7-8,10-11,14,16,20H,6,9,12-13,30H2,1-2H3/t16-,20+/m0/s1. The van der Waals surface area contributed by atoms with Gasteiger partial charge in [-0.15, -0.1) is 0 Å². The molecular weight excluding hydrogens is 434 g/mol. The predicted octanol–water partition coefficient (Wildman–Crippen LogP) is 5.95. The van der Waals surface area contributed by atoms with Gasteiger partial charge in [0.15, 0.2) is 5.41 Å². The lowest BCUT2D eigenvalue weighted by Crippen LogP contribution is -2.51. The van der Waals surface area contributed by atoms with Crippen molar-refractivity contribution in [1.82, 2.24) is 5.01 Å². The molecule has 1 fully saturated rings. The van der Waals surface area contributed by atoms with Crippen LogP contribution in [0.2, 0.25) is 0 Å². The summed E-state index contributed by atoms with van der Waals surface area (Å²) in [7, 11) is 1.34. The Morgan fingerprint density at radius 2 is 1.62 bits per heavy atom. The molecule has 0 spiro atoms. The van der Waals surface area contributed by atoms with Crippen LogP contribution < -0.4 is 10.6 Å². The highest BCUT2D eigenvalue weighted by molar-refractivity contribution is 5.42. The molecule has 2 aromatic rings. The van der Waals surface area contributed by atoms with Gasteiger partial charge in [-0.1, -0.05) is 42.5 Å². The lowest BCUT2D eigenvalue weighted by Gasteiger charge is -2.39. The van der Waals surface area contributed by atoms with Crippen LogP contribution in [-0.2, 0) is 11.8 Å². The van der Waals surface area contributed by atoms with E-state index >= 15 is 0 Å². The van der Waals surface area contributed by atoms with Crippen molar-refractivity contribution in [2.45, 2.75) is 50.0 Å². The number of rotatable bonds is 5. The molecule has 0 saturated carbocycles. The first kappa shape index (κ1) is 24.4. The maximum absolute atomic E-state index is 13.6. The fourth-order valence-electron chi connectivity index (χ4n) is 4.45. The first-order valence-electron chi connectivity index (χ1n) is 10.3. The van der Waals surface area contributed by atoms with Crippen LogP contribution >= 0.6 is 0 Å². The Balaban J connectivity index is 2.04. The third-order valence-corrected chi connectivity index (χ3v) is 6.41. The minimum atomic E-state index is -5.51. The monoisotopic (exact) mass is 460 g/mol. The van der Waals surface area contributed by atoms with Gasteiger partial charge in [0.25, 0.3) is 0 Å². The van der Waals surface area contributed by atoms with Gasteiger partial charge < -0.3 is 4.74 Å². The van der Waals surface area contributed by atoms with Crippen LogP contribution in [0.25, 0.3) is 0 Å². The fourth-order valence-corrected chi connectivity index (χ4v) is 4.45. The molecular formula is C23H26F6N2O. The molecule has 176 valence electrons. The van der Waals surface area contributed by atoms with Gasteiger partial charge in [0.1, 0.15) is 5.75 Å². The van der Waals surface area contributed by atoms with Crippen LogP contribution in [0.3, 0.4) is 0 Å². The van der Waals surface area contributed by atoms with Crippen molar-refractivity contribution in [3.63, 3.8) is 0 Å². The number of hydrogen-bond donors (Lipinski definition) is 1. The molecule has 1 aliphatic heterocycles. The average Bonchev–Trinajstić information content (AvgIpc) is 2.72. The van der Waals surface area contributed by atoms with Crippen molar-refractivity contribution >= 4 is 0 Å². The molecule has 0 aromatic heterocycles. The molecule has 2 atom stereocenters. The zero-order valence-electron chi connectivity index (χ0n) is 17.8. The topological polar surface area (TPSA) is 38.5 Å². The molecule has 1 saturated heterocycles. The number of nitrogens with two attached hydrogens (primary N) is 1. The Bertz CT molecular complexity index is 899. The van der Waals surface area contributed by atoms with Crippen molar-refractivity contribution in [3.05, 3.63) is 65.2 Å². The van der Waals surface area contributed by atoms with Crippen molar-refractivity contribution in [2.75, 3.05) is 13.7 Å². The van der Waals surface area contributed by atoms with Gasteiger partial charge in [0, 0.05) is 6.54 Å². The number of ether oxygens (including phenoxy) is 1. The highest BCUT2D eigenvalue weighted by Crippen LogP contribution is 2.52. The normalized spacial score (nSPS) is 20.9. The molecule has 0 aliphatic carbocycles. The maximum atomic E-state index is 13.6. The van der Waals surface area contributed by atoms with Crippen molar-refractivity contribution in [2.24, 2.45) is 11.8 Å². The minimum absolute atomic E-state index is 0.108. The van der Waals surface area contributed by atoms with Crippen LogP contribution in [0.1, 0.15) is 42.5 Å². The molecule has 2 aromatic carbocycles. The molecule has 0 bridgehead atoms. The number of piperidine rings is 1. The zero-order chi connectivity index (χ0) is 23.7. The van der Waals surface area contributed by atoms with Crippen LogP contribution in [0, 0.1) is 5.92 Å². The van der Waals surface area contributed by atoms with E-state index < -0.39 is 23.3 Å². The second-order valence-corrected chi connectivity index (χ2v) is 8.35. The molecule has 3 nitrogen and oxygen atoms in total. The zero-order valence-corrected chi connectivity index (χ0v) is 17.8. The van der Waals surface area contributed by atoms with E-state index in [1.807, 2.05) is 30.3 Å². The first-order valence-corrected chi connectivity index (χ1v) is 10.3. The van der Waals surface area contributed by atoms with E-state index in [4.69, 9.17) is 10.6 Å². The summed E-state index contributed by atoms with van der Waals surface area (Å²) in [5.41, 5.74) is -3.60. The van der Waals surface area contributed by atoms with Crippen molar-refractivity contribution in [3.8, 4) is 5.75 Å². The summed E-state index contributed by atoms with van der Waals surface area (Å²) in [6.07, 6.45) is -9.28. The van der Waals surface area contributed by atoms with Crippen LogP contribution in [0.5, 0.6) is 5.75 Å². The van der Waals surface area contributed by atoms with Gasteiger partial charge >= 0.3 is 12.4 Å². The molecule has 1 heterocycles. The highest BCUT2D eigenvalue weighted by atomic mass is 19.4. The SMILES string of the molecule is COc1ccc(C(C)(C(F)(F)F)C(F)(F)F)cc1C[C@@H]1CCCN(N)[C@@H]1c1ccccc1. The molecule has 0 amide bonds. The quantitative estimate of drug-likeness (QED) is 0.443. The summed E-state index contributed by atoms with van der Waals surface area (Å²) in [5.74, 6) is 6.39. The Morgan fingerprint density at radius 3 is 2.19 bits per heavy atom. The number of alkyl halides is 6. The van der Waals surface area contributed by atoms with E-state index in [0.29, 0.717) is 12.1 Å². The van der Waals surface area contributed by atoms with Gasteiger partial charge in [-0.25, -0.2) is 5.01 Å². The Morgan fingerprint density at radius 1 is 1.00 bits per heavy atom. The second-order valence-electron chi connectivity index (χ2n) is 8.35. The largest absolute Gasteiger partial charge is 0.496 e. The van der Waals surface area contributed by atoms with E-state index in [-0.39, 0.29) is 31.1 Å². The number of halogens is 6. The van der Waals surface area contributed by atoms with Gasteiger partial charge in [-0.3, -0.25) is 5.84 Å². The molecule has 0 unspecified atom stereocenters. The van der Waals surface area contributed by atoms with Crippen molar-refractivity contribution < 1.29 is 31.1 Å². The summed E-state index contributed by atoms with van der Waals surface area (Å²) in [6.45, 7) is 0.820. The third kappa shape index (κ3) is 4.45. The lowest BCUT2D eigenvalue weighted by molar-refractivity contribution is -0.297. The summed E-state index contributed by atoms with van der Waals surface area (Å²) < 4.78 is 87.0. The van der Waals surface area contributed by atoms with Crippen LogP contribution in [-0.4, -0.2) is 31.0 Å². The highest BCUT2D eigenvalue weighted by Gasteiger charge is 2.68. The maximum Gasteiger partial charge on any atom is 0.406 e. The molecule has 1 aliphatic rings. The van der Waals surface area contributed by atoms with Gasteiger partial charge in [0.05, 0.1) is 13.2 Å². The third-order valence-electron chi connectivity index (χ3n) is 6.41. The minimum Gasteiger partial charge on any atom is -0.496 e. The Hall–Kier alpha value is -2.26. The Kier molecular flexibility index (Phi) is 6.81. The summed E-state index contributed by atoms with van der Waals surface area (Å²) in [6, 6.07) is 12.2. The average molecular weight is 460 g/mol. The fraction of sp³-hybridized carbons (Fsp3) is 0.478. The van der Waals surface area contributed by atoms with Crippen molar-refractivity contribution in [1.29, 1.82) is 0 Å². The van der Waals surface area contributed by atoms with Crippen LogP contribution in [0.15, 0.2) is 48.5 Å².